The number of carboxylic acids is 1. The first kappa shape index (κ1) is 17.9. The van der Waals surface area contributed by atoms with Gasteiger partial charge in [-0.05, 0) is 43.5 Å². The number of urea groups is 1. The molecule has 2 aromatic rings. The lowest BCUT2D eigenvalue weighted by Crippen LogP contribution is -2.54. The number of nitrogens with one attached hydrogen (secondary N) is 3. The summed E-state index contributed by atoms with van der Waals surface area (Å²) in [5.41, 5.74) is 0.0191. The molecule has 0 bridgehead atoms. The van der Waals surface area contributed by atoms with E-state index in [0.717, 1.165) is 17.8 Å². The zero-order valence-corrected chi connectivity index (χ0v) is 14.8. The summed E-state index contributed by atoms with van der Waals surface area (Å²) in [4.78, 5) is 35.8. The average Bonchev–Trinajstić information content (AvgIpc) is 3.01. The maximum absolute atomic E-state index is 12.4. The van der Waals surface area contributed by atoms with Gasteiger partial charge in [-0.15, -0.1) is 11.3 Å². The van der Waals surface area contributed by atoms with E-state index in [1.807, 2.05) is 18.2 Å². The number of para-hydroxylation sites is 1. The normalized spacial score (nSPS) is 14.8. The highest BCUT2D eigenvalue weighted by Gasteiger charge is 2.40. The molecule has 1 aromatic carbocycles. The molecular formula is C18H19N3O4S. The number of hydrogen-bond acceptors (Lipinski definition) is 4. The quantitative estimate of drug-likeness (QED) is 0.621. The van der Waals surface area contributed by atoms with Crippen LogP contribution in [0.3, 0.4) is 0 Å². The first-order valence-corrected chi connectivity index (χ1v) is 9.05. The number of thiophene rings is 1. The number of hydrogen-bond donors (Lipinski definition) is 4. The van der Waals surface area contributed by atoms with Crippen LogP contribution in [0.15, 0.2) is 42.5 Å². The van der Waals surface area contributed by atoms with E-state index in [4.69, 9.17) is 5.11 Å². The molecule has 1 saturated carbocycles. The lowest BCUT2D eigenvalue weighted by atomic mass is 9.74. The van der Waals surface area contributed by atoms with E-state index in [-0.39, 0.29) is 12.3 Å². The summed E-state index contributed by atoms with van der Waals surface area (Å²) in [6.45, 7) is 0. The Morgan fingerprint density at radius 1 is 1.04 bits per heavy atom. The van der Waals surface area contributed by atoms with Crippen LogP contribution >= 0.6 is 11.3 Å². The van der Waals surface area contributed by atoms with Crippen LogP contribution in [0.25, 0.3) is 0 Å². The van der Waals surface area contributed by atoms with Gasteiger partial charge in [0.2, 0.25) is 0 Å². The fourth-order valence-electron chi connectivity index (χ4n) is 2.86. The Balaban J connectivity index is 1.58. The minimum atomic E-state index is -0.920. The van der Waals surface area contributed by atoms with Crippen LogP contribution in [0, 0.1) is 0 Å². The molecule has 1 aromatic heterocycles. The van der Waals surface area contributed by atoms with Crippen molar-refractivity contribution in [1.82, 2.24) is 5.32 Å². The third kappa shape index (κ3) is 4.40. The molecule has 3 rings (SSSR count). The van der Waals surface area contributed by atoms with Crippen molar-refractivity contribution in [3.8, 4) is 0 Å². The third-order valence-electron chi connectivity index (χ3n) is 4.28. The topological polar surface area (TPSA) is 108 Å². The number of carboxylic acid groups (broad SMARTS) is 1. The Hall–Kier alpha value is -2.87. The Bertz CT molecular complexity index is 815. The molecular weight excluding hydrogens is 354 g/mol. The molecule has 0 aliphatic heterocycles. The molecule has 4 N–H and O–H groups in total. The Labute approximate surface area is 154 Å². The van der Waals surface area contributed by atoms with E-state index in [9.17, 15) is 14.4 Å². The number of amides is 3. The predicted molar refractivity (Wildman–Crippen MR) is 99.7 cm³/mol. The zero-order chi connectivity index (χ0) is 18.6. The molecule has 3 amide bonds. The van der Waals surface area contributed by atoms with Crippen LogP contribution in [0.1, 0.15) is 35.4 Å². The van der Waals surface area contributed by atoms with E-state index in [2.05, 4.69) is 16.0 Å². The van der Waals surface area contributed by atoms with Gasteiger partial charge in [0.05, 0.1) is 21.8 Å². The first-order valence-electron chi connectivity index (χ1n) is 8.23. The number of anilines is 2. The molecule has 7 nitrogen and oxygen atoms in total. The number of carbonyl (C=O) groups excluding carboxylic acids is 2. The minimum absolute atomic E-state index is 0.0747. The molecule has 0 radical (unpaired) electrons. The average molecular weight is 373 g/mol. The SMILES string of the molecule is O=C(O)CC1(NC(=O)c2ccc(NC(=O)Nc3ccccc3)s2)CCC1. The third-order valence-corrected chi connectivity index (χ3v) is 5.28. The van der Waals surface area contributed by atoms with Crippen molar-refractivity contribution in [2.24, 2.45) is 0 Å². The van der Waals surface area contributed by atoms with Crippen LogP contribution in [0.4, 0.5) is 15.5 Å². The molecule has 136 valence electrons. The summed E-state index contributed by atoms with van der Waals surface area (Å²) >= 11 is 1.14. The van der Waals surface area contributed by atoms with Crippen molar-refractivity contribution >= 4 is 39.9 Å². The van der Waals surface area contributed by atoms with E-state index in [0.29, 0.717) is 28.4 Å². The van der Waals surface area contributed by atoms with Crippen molar-refractivity contribution < 1.29 is 19.5 Å². The summed E-state index contributed by atoms with van der Waals surface area (Å²) in [7, 11) is 0. The minimum Gasteiger partial charge on any atom is -0.481 e. The monoisotopic (exact) mass is 373 g/mol. The largest absolute Gasteiger partial charge is 0.481 e. The molecule has 26 heavy (non-hydrogen) atoms. The Morgan fingerprint density at radius 3 is 2.38 bits per heavy atom. The predicted octanol–water partition coefficient (Wildman–Crippen LogP) is 3.52. The van der Waals surface area contributed by atoms with E-state index in [1.54, 1.807) is 24.3 Å². The van der Waals surface area contributed by atoms with Gasteiger partial charge in [-0.3, -0.25) is 14.9 Å². The van der Waals surface area contributed by atoms with Gasteiger partial charge in [-0.25, -0.2) is 4.79 Å². The highest BCUT2D eigenvalue weighted by molar-refractivity contribution is 7.18. The smallest absolute Gasteiger partial charge is 0.324 e. The number of aliphatic carboxylic acids is 1. The summed E-state index contributed by atoms with van der Waals surface area (Å²) in [5.74, 6) is -1.23. The first-order chi connectivity index (χ1) is 12.5. The Kier molecular flexibility index (Phi) is 5.22. The van der Waals surface area contributed by atoms with Gasteiger partial charge < -0.3 is 15.7 Å². The van der Waals surface area contributed by atoms with Crippen molar-refractivity contribution in [2.75, 3.05) is 10.6 Å². The molecule has 0 atom stereocenters. The fourth-order valence-corrected chi connectivity index (χ4v) is 3.66. The molecule has 1 aliphatic rings. The number of carbonyl (C=O) groups is 3. The molecule has 0 spiro atoms. The maximum atomic E-state index is 12.4. The summed E-state index contributed by atoms with van der Waals surface area (Å²) in [6, 6.07) is 11.9. The van der Waals surface area contributed by atoms with Crippen molar-refractivity contribution in [3.63, 3.8) is 0 Å². The van der Waals surface area contributed by atoms with Gasteiger partial charge in [-0.2, -0.15) is 0 Å². The molecule has 1 aliphatic carbocycles. The zero-order valence-electron chi connectivity index (χ0n) is 14.0. The number of benzene rings is 1. The highest BCUT2D eigenvalue weighted by Crippen LogP contribution is 2.35. The van der Waals surface area contributed by atoms with E-state index >= 15 is 0 Å². The molecule has 0 saturated heterocycles. The van der Waals surface area contributed by atoms with Crippen LogP contribution < -0.4 is 16.0 Å². The van der Waals surface area contributed by atoms with Gasteiger partial charge >= 0.3 is 12.0 Å². The standard InChI is InChI=1S/C18H19N3O4S/c22-15(23)11-18(9-4-10-18)21-16(24)13-7-8-14(26-13)20-17(25)19-12-5-2-1-3-6-12/h1-3,5-8H,4,9-11H2,(H,21,24)(H,22,23)(H2,19,20,25). The second-order valence-electron chi connectivity index (χ2n) is 6.27. The van der Waals surface area contributed by atoms with Gasteiger partial charge in [0.1, 0.15) is 0 Å². The molecule has 0 unspecified atom stereocenters. The summed E-state index contributed by atoms with van der Waals surface area (Å²) in [6.07, 6.45) is 2.17. The lowest BCUT2D eigenvalue weighted by Gasteiger charge is -2.41. The summed E-state index contributed by atoms with van der Waals surface area (Å²) in [5, 5.41) is 17.8. The molecule has 1 fully saturated rings. The van der Waals surface area contributed by atoms with Gasteiger partial charge in [0, 0.05) is 5.69 Å². The maximum Gasteiger partial charge on any atom is 0.324 e. The van der Waals surface area contributed by atoms with Crippen LogP contribution in [-0.4, -0.2) is 28.6 Å². The van der Waals surface area contributed by atoms with Crippen LogP contribution in [0.5, 0.6) is 0 Å². The summed E-state index contributed by atoms with van der Waals surface area (Å²) < 4.78 is 0. The second-order valence-corrected chi connectivity index (χ2v) is 7.35. The van der Waals surface area contributed by atoms with Crippen molar-refractivity contribution in [2.45, 2.75) is 31.2 Å². The van der Waals surface area contributed by atoms with Crippen LogP contribution in [-0.2, 0) is 4.79 Å². The van der Waals surface area contributed by atoms with Crippen molar-refractivity contribution in [3.05, 3.63) is 47.3 Å². The Morgan fingerprint density at radius 2 is 1.77 bits per heavy atom. The fraction of sp³-hybridized carbons (Fsp3) is 0.278. The van der Waals surface area contributed by atoms with Crippen LogP contribution in [0.2, 0.25) is 0 Å². The molecule has 1 heterocycles. The highest BCUT2D eigenvalue weighted by atomic mass is 32.1. The van der Waals surface area contributed by atoms with Crippen molar-refractivity contribution in [1.29, 1.82) is 0 Å². The number of rotatable bonds is 6. The van der Waals surface area contributed by atoms with Gasteiger partial charge in [0.25, 0.3) is 5.91 Å². The molecule has 8 heteroatoms. The van der Waals surface area contributed by atoms with E-state index < -0.39 is 17.5 Å². The van der Waals surface area contributed by atoms with Gasteiger partial charge in [-0.1, -0.05) is 18.2 Å². The second kappa shape index (κ2) is 7.57. The van der Waals surface area contributed by atoms with E-state index in [1.165, 1.54) is 0 Å². The van der Waals surface area contributed by atoms with Gasteiger partial charge in [0.15, 0.2) is 0 Å². The lowest BCUT2D eigenvalue weighted by molar-refractivity contribution is -0.139.